The molecule has 0 radical (unpaired) electrons. The third-order valence-corrected chi connectivity index (χ3v) is 2.86. The van der Waals surface area contributed by atoms with Crippen molar-refractivity contribution in [1.82, 2.24) is 4.98 Å². The predicted molar refractivity (Wildman–Crippen MR) is 69.9 cm³/mol. The van der Waals surface area contributed by atoms with Crippen LogP contribution in [-0.2, 0) is 0 Å². The molecule has 0 aliphatic heterocycles. The molecule has 1 N–H and O–H groups in total. The molecule has 0 bridgehead atoms. The van der Waals surface area contributed by atoms with Gasteiger partial charge in [-0.2, -0.15) is 0 Å². The SMILES string of the molecule is Cc1cc(Br)cc(Cl)c1Oc1ccc(O)cn1. The Kier molecular flexibility index (Phi) is 3.54. The summed E-state index contributed by atoms with van der Waals surface area (Å²) in [4.78, 5) is 3.94. The van der Waals surface area contributed by atoms with Crippen molar-refractivity contribution in [1.29, 1.82) is 0 Å². The Labute approximate surface area is 112 Å². The van der Waals surface area contributed by atoms with Crippen molar-refractivity contribution in [2.75, 3.05) is 0 Å². The van der Waals surface area contributed by atoms with Crippen LogP contribution in [0.5, 0.6) is 17.4 Å². The van der Waals surface area contributed by atoms with Crippen LogP contribution in [0.25, 0.3) is 0 Å². The lowest BCUT2D eigenvalue weighted by Crippen LogP contribution is -1.91. The van der Waals surface area contributed by atoms with E-state index in [-0.39, 0.29) is 5.75 Å². The maximum absolute atomic E-state index is 9.12. The fourth-order valence-electron chi connectivity index (χ4n) is 1.36. The number of rotatable bonds is 2. The Morgan fingerprint density at radius 3 is 2.71 bits per heavy atom. The summed E-state index contributed by atoms with van der Waals surface area (Å²) in [6.07, 6.45) is 1.32. The molecule has 2 aromatic rings. The molecule has 17 heavy (non-hydrogen) atoms. The monoisotopic (exact) mass is 313 g/mol. The molecule has 0 fully saturated rings. The molecule has 0 saturated heterocycles. The molecule has 0 aliphatic carbocycles. The summed E-state index contributed by atoms with van der Waals surface area (Å²) in [5, 5.41) is 9.62. The van der Waals surface area contributed by atoms with Crippen molar-refractivity contribution < 1.29 is 9.84 Å². The number of nitrogens with zero attached hydrogens (tertiary/aromatic N) is 1. The first-order valence-corrected chi connectivity index (χ1v) is 6.02. The number of pyridine rings is 1. The molecule has 0 saturated carbocycles. The number of aromatic hydroxyl groups is 1. The van der Waals surface area contributed by atoms with Gasteiger partial charge >= 0.3 is 0 Å². The van der Waals surface area contributed by atoms with E-state index in [2.05, 4.69) is 20.9 Å². The zero-order valence-corrected chi connectivity index (χ0v) is 11.3. The van der Waals surface area contributed by atoms with Crippen LogP contribution in [0.1, 0.15) is 5.56 Å². The Hall–Kier alpha value is -1.26. The van der Waals surface area contributed by atoms with E-state index in [0.29, 0.717) is 16.7 Å². The number of ether oxygens (including phenoxy) is 1. The van der Waals surface area contributed by atoms with Crippen molar-refractivity contribution in [3.05, 3.63) is 45.5 Å². The van der Waals surface area contributed by atoms with Gasteiger partial charge in [0.15, 0.2) is 5.75 Å². The van der Waals surface area contributed by atoms with Crippen LogP contribution < -0.4 is 4.74 Å². The van der Waals surface area contributed by atoms with Gasteiger partial charge in [0.1, 0.15) is 5.75 Å². The van der Waals surface area contributed by atoms with Gasteiger partial charge in [0, 0.05) is 10.5 Å². The van der Waals surface area contributed by atoms with Crippen molar-refractivity contribution in [2.45, 2.75) is 6.92 Å². The van der Waals surface area contributed by atoms with Crippen molar-refractivity contribution in [3.8, 4) is 17.4 Å². The molecule has 3 nitrogen and oxygen atoms in total. The minimum absolute atomic E-state index is 0.0935. The Balaban J connectivity index is 2.33. The molecule has 88 valence electrons. The summed E-state index contributed by atoms with van der Waals surface area (Å²) in [5.74, 6) is 1.04. The summed E-state index contributed by atoms with van der Waals surface area (Å²) >= 11 is 9.44. The van der Waals surface area contributed by atoms with Gasteiger partial charge in [-0.3, -0.25) is 0 Å². The smallest absolute Gasteiger partial charge is 0.219 e. The Morgan fingerprint density at radius 2 is 2.12 bits per heavy atom. The molecule has 2 rings (SSSR count). The highest BCUT2D eigenvalue weighted by Crippen LogP contribution is 2.34. The fraction of sp³-hybridized carbons (Fsp3) is 0.0833. The number of hydrogen-bond donors (Lipinski definition) is 1. The van der Waals surface area contributed by atoms with Gasteiger partial charge in [0.05, 0.1) is 11.2 Å². The van der Waals surface area contributed by atoms with Crippen LogP contribution in [0.3, 0.4) is 0 Å². The van der Waals surface area contributed by atoms with Crippen molar-refractivity contribution in [3.63, 3.8) is 0 Å². The lowest BCUT2D eigenvalue weighted by Gasteiger charge is -2.10. The highest BCUT2D eigenvalue weighted by Gasteiger charge is 2.09. The topological polar surface area (TPSA) is 42.4 Å². The molecule has 0 spiro atoms. The number of aromatic nitrogens is 1. The zero-order valence-electron chi connectivity index (χ0n) is 8.95. The maximum Gasteiger partial charge on any atom is 0.219 e. The summed E-state index contributed by atoms with van der Waals surface area (Å²) in [5.41, 5.74) is 0.902. The second kappa shape index (κ2) is 4.94. The number of hydrogen-bond acceptors (Lipinski definition) is 3. The van der Waals surface area contributed by atoms with E-state index in [4.69, 9.17) is 21.4 Å². The van der Waals surface area contributed by atoms with E-state index in [9.17, 15) is 0 Å². The molecule has 1 aromatic carbocycles. The number of aryl methyl sites for hydroxylation is 1. The summed E-state index contributed by atoms with van der Waals surface area (Å²) in [7, 11) is 0. The maximum atomic E-state index is 9.12. The van der Waals surface area contributed by atoms with Gasteiger partial charge in [0.2, 0.25) is 5.88 Å². The second-order valence-corrected chi connectivity index (χ2v) is 4.81. The quantitative estimate of drug-likeness (QED) is 0.898. The van der Waals surface area contributed by atoms with E-state index < -0.39 is 0 Å². The predicted octanol–water partition coefficient (Wildman–Crippen LogP) is 4.30. The highest BCUT2D eigenvalue weighted by molar-refractivity contribution is 9.10. The second-order valence-electron chi connectivity index (χ2n) is 3.49. The highest BCUT2D eigenvalue weighted by atomic mass is 79.9. The average Bonchev–Trinajstić information content (AvgIpc) is 2.26. The molecule has 1 aromatic heterocycles. The Bertz CT molecular complexity index is 520. The number of halogens is 2. The summed E-state index contributed by atoms with van der Waals surface area (Å²) in [6, 6.07) is 6.74. The van der Waals surface area contributed by atoms with Gasteiger partial charge in [0.25, 0.3) is 0 Å². The summed E-state index contributed by atoms with van der Waals surface area (Å²) < 4.78 is 6.47. The average molecular weight is 315 g/mol. The van der Waals surface area contributed by atoms with E-state index in [1.54, 1.807) is 12.1 Å². The number of benzene rings is 1. The normalized spacial score (nSPS) is 10.3. The van der Waals surface area contributed by atoms with Gasteiger partial charge in [-0.15, -0.1) is 0 Å². The molecule has 5 heteroatoms. The van der Waals surface area contributed by atoms with Crippen molar-refractivity contribution >= 4 is 27.5 Å². The fourth-order valence-corrected chi connectivity index (χ4v) is 2.36. The third-order valence-electron chi connectivity index (χ3n) is 2.12. The van der Waals surface area contributed by atoms with Gasteiger partial charge in [-0.05, 0) is 30.7 Å². The van der Waals surface area contributed by atoms with Crippen molar-refractivity contribution in [2.24, 2.45) is 0 Å². The first-order valence-electron chi connectivity index (χ1n) is 4.85. The molecule has 0 atom stereocenters. The molecule has 1 heterocycles. The lowest BCUT2D eigenvalue weighted by molar-refractivity contribution is 0.445. The van der Waals surface area contributed by atoms with Gasteiger partial charge in [-0.1, -0.05) is 27.5 Å². The minimum Gasteiger partial charge on any atom is -0.506 e. The van der Waals surface area contributed by atoms with Crippen LogP contribution in [0, 0.1) is 6.92 Å². The molecule has 0 amide bonds. The van der Waals surface area contributed by atoms with E-state index in [1.807, 2.05) is 13.0 Å². The lowest BCUT2D eigenvalue weighted by atomic mass is 10.2. The first-order chi connectivity index (χ1) is 8.06. The molecule has 0 aliphatic rings. The minimum atomic E-state index is 0.0935. The van der Waals surface area contributed by atoms with Crippen LogP contribution in [0.15, 0.2) is 34.9 Å². The molecular formula is C12H9BrClNO2. The third kappa shape index (κ3) is 2.90. The first kappa shape index (κ1) is 12.2. The van der Waals surface area contributed by atoms with Gasteiger partial charge < -0.3 is 9.84 Å². The van der Waals surface area contributed by atoms with Crippen LogP contribution in [0.4, 0.5) is 0 Å². The van der Waals surface area contributed by atoms with E-state index in [0.717, 1.165) is 10.0 Å². The largest absolute Gasteiger partial charge is 0.506 e. The standard InChI is InChI=1S/C12H9BrClNO2/c1-7-4-8(13)5-10(14)12(7)17-11-3-2-9(16)6-15-11/h2-6,16H,1H3. The molecular weight excluding hydrogens is 305 g/mol. The van der Waals surface area contributed by atoms with Crippen LogP contribution in [0.2, 0.25) is 5.02 Å². The van der Waals surface area contributed by atoms with Crippen LogP contribution in [-0.4, -0.2) is 10.1 Å². The Morgan fingerprint density at radius 1 is 1.35 bits per heavy atom. The molecule has 0 unspecified atom stereocenters. The van der Waals surface area contributed by atoms with Crippen LogP contribution >= 0.6 is 27.5 Å². The zero-order chi connectivity index (χ0) is 12.4. The van der Waals surface area contributed by atoms with Gasteiger partial charge in [-0.25, -0.2) is 4.98 Å². The van der Waals surface area contributed by atoms with E-state index in [1.165, 1.54) is 12.3 Å². The summed E-state index contributed by atoms with van der Waals surface area (Å²) in [6.45, 7) is 1.90. The van der Waals surface area contributed by atoms with E-state index >= 15 is 0 Å².